The quantitative estimate of drug-likeness (QED) is 0.676. The molecule has 1 fully saturated rings. The molecule has 18 heavy (non-hydrogen) atoms. The fraction of sp³-hybridized carbons (Fsp3) is 0.583. The highest BCUT2D eigenvalue weighted by Crippen LogP contribution is 2.16. The molecule has 0 aromatic carbocycles. The number of hydrogen-bond acceptors (Lipinski definition) is 3. The Morgan fingerprint density at radius 1 is 1.61 bits per heavy atom. The summed E-state index contributed by atoms with van der Waals surface area (Å²) in [5.74, 6) is -1.98. The standard InChI is InChI=1S/C12H18N2O4/c1-3-4-5-9(12(17)18)13-11(16)8-6-10(15)14(2)7-8/h3-4,8-9H,5-7H2,1-2H3,(H,13,16)(H,17,18)/b4-3+. The van der Waals surface area contributed by atoms with Crippen molar-refractivity contribution < 1.29 is 19.5 Å². The molecule has 0 saturated carbocycles. The Morgan fingerprint density at radius 2 is 2.28 bits per heavy atom. The summed E-state index contributed by atoms with van der Waals surface area (Å²) in [4.78, 5) is 35.6. The lowest BCUT2D eigenvalue weighted by Gasteiger charge is -2.15. The predicted octanol–water partition coefficient (Wildman–Crippen LogP) is 0.000300. The van der Waals surface area contributed by atoms with Crippen molar-refractivity contribution in [2.75, 3.05) is 13.6 Å². The van der Waals surface area contributed by atoms with Gasteiger partial charge in [0.05, 0.1) is 5.92 Å². The van der Waals surface area contributed by atoms with E-state index in [1.807, 2.05) is 0 Å². The van der Waals surface area contributed by atoms with Crippen molar-refractivity contribution in [1.29, 1.82) is 0 Å². The van der Waals surface area contributed by atoms with Crippen LogP contribution in [0.2, 0.25) is 0 Å². The van der Waals surface area contributed by atoms with Crippen molar-refractivity contribution in [3.8, 4) is 0 Å². The molecule has 0 aromatic heterocycles. The van der Waals surface area contributed by atoms with Crippen LogP contribution in [0, 0.1) is 5.92 Å². The van der Waals surface area contributed by atoms with Gasteiger partial charge in [-0.25, -0.2) is 4.79 Å². The van der Waals surface area contributed by atoms with E-state index in [0.29, 0.717) is 6.54 Å². The van der Waals surface area contributed by atoms with E-state index in [4.69, 9.17) is 5.11 Å². The SMILES string of the molecule is C/C=C/CC(NC(=O)C1CC(=O)N(C)C1)C(=O)O. The smallest absolute Gasteiger partial charge is 0.326 e. The molecule has 1 aliphatic heterocycles. The van der Waals surface area contributed by atoms with Gasteiger partial charge in [0.2, 0.25) is 11.8 Å². The number of nitrogens with zero attached hydrogens (tertiary/aromatic N) is 1. The molecule has 1 aliphatic rings. The molecule has 0 bridgehead atoms. The van der Waals surface area contributed by atoms with E-state index in [9.17, 15) is 14.4 Å². The van der Waals surface area contributed by atoms with Gasteiger partial charge in [-0.1, -0.05) is 12.2 Å². The zero-order valence-electron chi connectivity index (χ0n) is 10.5. The van der Waals surface area contributed by atoms with Gasteiger partial charge in [-0.05, 0) is 13.3 Å². The minimum atomic E-state index is -1.07. The Morgan fingerprint density at radius 3 is 2.72 bits per heavy atom. The maximum atomic E-state index is 11.8. The summed E-state index contributed by atoms with van der Waals surface area (Å²) in [6.07, 6.45) is 3.81. The first-order valence-electron chi connectivity index (χ1n) is 5.84. The Labute approximate surface area is 106 Å². The third-order valence-electron chi connectivity index (χ3n) is 2.93. The third-order valence-corrected chi connectivity index (χ3v) is 2.93. The van der Waals surface area contributed by atoms with Crippen LogP contribution in [0.4, 0.5) is 0 Å². The first kappa shape index (κ1) is 14.2. The maximum absolute atomic E-state index is 11.8. The molecule has 1 saturated heterocycles. The third kappa shape index (κ3) is 3.58. The average molecular weight is 254 g/mol. The van der Waals surface area contributed by atoms with Gasteiger partial charge in [-0.2, -0.15) is 0 Å². The zero-order valence-corrected chi connectivity index (χ0v) is 10.5. The molecule has 0 radical (unpaired) electrons. The summed E-state index contributed by atoms with van der Waals surface area (Å²) in [6.45, 7) is 2.13. The summed E-state index contributed by atoms with van der Waals surface area (Å²) in [7, 11) is 1.63. The van der Waals surface area contributed by atoms with Crippen molar-refractivity contribution in [3.05, 3.63) is 12.2 Å². The molecule has 1 heterocycles. The minimum absolute atomic E-state index is 0.0875. The number of carbonyl (C=O) groups is 3. The van der Waals surface area contributed by atoms with Crippen LogP contribution in [0.25, 0.3) is 0 Å². The normalized spacial score (nSPS) is 21.3. The van der Waals surface area contributed by atoms with E-state index < -0.39 is 17.9 Å². The highest BCUT2D eigenvalue weighted by atomic mass is 16.4. The second-order valence-electron chi connectivity index (χ2n) is 4.38. The van der Waals surface area contributed by atoms with E-state index >= 15 is 0 Å². The Bertz CT molecular complexity index is 378. The first-order chi connectivity index (χ1) is 8.45. The van der Waals surface area contributed by atoms with Gasteiger partial charge in [0.25, 0.3) is 0 Å². The number of hydrogen-bond donors (Lipinski definition) is 2. The molecule has 6 heteroatoms. The lowest BCUT2D eigenvalue weighted by Crippen LogP contribution is -2.43. The van der Waals surface area contributed by atoms with Crippen LogP contribution in [0.1, 0.15) is 19.8 Å². The number of rotatable bonds is 5. The van der Waals surface area contributed by atoms with Crippen molar-refractivity contribution in [2.24, 2.45) is 5.92 Å². The molecular weight excluding hydrogens is 236 g/mol. The molecule has 0 aliphatic carbocycles. The lowest BCUT2D eigenvalue weighted by molar-refractivity contribution is -0.142. The molecular formula is C12H18N2O4. The van der Waals surface area contributed by atoms with Gasteiger partial charge in [0.15, 0.2) is 0 Å². The predicted molar refractivity (Wildman–Crippen MR) is 64.7 cm³/mol. The Kier molecular flexibility index (Phi) is 4.88. The minimum Gasteiger partial charge on any atom is -0.480 e. The number of amides is 2. The van der Waals surface area contributed by atoms with Crippen LogP contribution in [-0.4, -0.2) is 47.4 Å². The number of likely N-dealkylation sites (tertiary alicyclic amines) is 1. The molecule has 2 atom stereocenters. The average Bonchev–Trinajstić information content (AvgIpc) is 2.64. The van der Waals surface area contributed by atoms with Gasteiger partial charge >= 0.3 is 5.97 Å². The van der Waals surface area contributed by atoms with E-state index in [0.717, 1.165) is 0 Å². The molecule has 1 rings (SSSR count). The second kappa shape index (κ2) is 6.18. The Balaban J connectivity index is 2.56. The van der Waals surface area contributed by atoms with Gasteiger partial charge in [0.1, 0.15) is 6.04 Å². The van der Waals surface area contributed by atoms with Crippen LogP contribution in [0.3, 0.4) is 0 Å². The van der Waals surface area contributed by atoms with Crippen LogP contribution in [0.5, 0.6) is 0 Å². The molecule has 100 valence electrons. The largest absolute Gasteiger partial charge is 0.480 e. The van der Waals surface area contributed by atoms with Crippen LogP contribution in [0.15, 0.2) is 12.2 Å². The van der Waals surface area contributed by atoms with E-state index in [2.05, 4.69) is 5.32 Å². The van der Waals surface area contributed by atoms with Gasteiger partial charge in [-0.15, -0.1) is 0 Å². The molecule has 2 N–H and O–H groups in total. The highest BCUT2D eigenvalue weighted by molar-refractivity contribution is 5.91. The van der Waals surface area contributed by atoms with E-state index in [1.54, 1.807) is 26.1 Å². The van der Waals surface area contributed by atoms with Crippen molar-refractivity contribution >= 4 is 17.8 Å². The monoisotopic (exact) mass is 254 g/mol. The van der Waals surface area contributed by atoms with Crippen LogP contribution < -0.4 is 5.32 Å². The maximum Gasteiger partial charge on any atom is 0.326 e. The topological polar surface area (TPSA) is 86.7 Å². The van der Waals surface area contributed by atoms with Crippen molar-refractivity contribution in [2.45, 2.75) is 25.8 Å². The number of nitrogens with one attached hydrogen (secondary N) is 1. The van der Waals surface area contributed by atoms with Crippen LogP contribution in [-0.2, 0) is 14.4 Å². The van der Waals surface area contributed by atoms with Crippen molar-refractivity contribution in [1.82, 2.24) is 10.2 Å². The van der Waals surface area contributed by atoms with Gasteiger partial charge in [-0.3, -0.25) is 9.59 Å². The van der Waals surface area contributed by atoms with Gasteiger partial charge < -0.3 is 15.3 Å². The number of carbonyl (C=O) groups excluding carboxylic acids is 2. The summed E-state index contributed by atoms with van der Waals surface area (Å²) in [5, 5.41) is 11.4. The highest BCUT2D eigenvalue weighted by Gasteiger charge is 2.33. The number of allylic oxidation sites excluding steroid dienone is 1. The number of aliphatic carboxylic acids is 1. The number of carboxylic acids is 1. The number of carboxylic acid groups (broad SMARTS) is 1. The molecule has 6 nitrogen and oxygen atoms in total. The lowest BCUT2D eigenvalue weighted by atomic mass is 10.1. The summed E-state index contributed by atoms with van der Waals surface area (Å²) in [5.41, 5.74) is 0. The molecule has 0 spiro atoms. The fourth-order valence-corrected chi connectivity index (χ4v) is 1.82. The van der Waals surface area contributed by atoms with Gasteiger partial charge in [0, 0.05) is 20.0 Å². The van der Waals surface area contributed by atoms with E-state index in [1.165, 1.54) is 4.90 Å². The summed E-state index contributed by atoms with van der Waals surface area (Å²) >= 11 is 0. The molecule has 2 unspecified atom stereocenters. The molecule has 2 amide bonds. The van der Waals surface area contributed by atoms with Crippen LogP contribution >= 0.6 is 0 Å². The summed E-state index contributed by atoms with van der Waals surface area (Å²) in [6, 6.07) is -0.935. The molecule has 0 aromatic rings. The summed E-state index contributed by atoms with van der Waals surface area (Å²) < 4.78 is 0. The van der Waals surface area contributed by atoms with E-state index in [-0.39, 0.29) is 24.7 Å². The first-order valence-corrected chi connectivity index (χ1v) is 5.84. The van der Waals surface area contributed by atoms with Crippen molar-refractivity contribution in [3.63, 3.8) is 0 Å². The zero-order chi connectivity index (χ0) is 13.7. The fourth-order valence-electron chi connectivity index (χ4n) is 1.82. The Hall–Kier alpha value is -1.85. The second-order valence-corrected chi connectivity index (χ2v) is 4.38.